The molecule has 0 spiro atoms. The van der Waals surface area contributed by atoms with E-state index in [1.165, 1.54) is 29.2 Å². The molecule has 7 nitrogen and oxygen atoms in total. The molecule has 11 heteroatoms. The van der Waals surface area contributed by atoms with Gasteiger partial charge in [0.05, 0.1) is 10.6 Å². The van der Waals surface area contributed by atoms with Crippen molar-refractivity contribution in [3.63, 3.8) is 0 Å². The molecule has 0 fully saturated rings. The van der Waals surface area contributed by atoms with Crippen molar-refractivity contribution in [2.45, 2.75) is 44.2 Å². The third kappa shape index (κ3) is 7.66. The number of amides is 2. The zero-order chi connectivity index (χ0) is 28.6. The van der Waals surface area contributed by atoms with E-state index in [1.54, 1.807) is 55.5 Å². The molecular weight excluding hydrogens is 581 g/mol. The Morgan fingerprint density at radius 3 is 2.05 bits per heavy atom. The molecule has 0 aliphatic rings. The first kappa shape index (κ1) is 30.8. The van der Waals surface area contributed by atoms with E-state index >= 15 is 0 Å². The number of hydrogen-bond acceptors (Lipinski definition) is 4. The maximum absolute atomic E-state index is 14.0. The first-order valence-electron chi connectivity index (χ1n) is 12.4. The quantitative estimate of drug-likeness (QED) is 0.266. The van der Waals surface area contributed by atoms with Crippen LogP contribution in [0.1, 0.15) is 32.3 Å². The average molecular weight is 611 g/mol. The fourth-order valence-corrected chi connectivity index (χ4v) is 6.07. The van der Waals surface area contributed by atoms with Crippen molar-refractivity contribution in [2.24, 2.45) is 0 Å². The Morgan fingerprint density at radius 1 is 0.872 bits per heavy atom. The highest BCUT2D eigenvalue weighted by molar-refractivity contribution is 7.92. The first-order valence-corrected chi connectivity index (χ1v) is 15.0. The van der Waals surface area contributed by atoms with E-state index in [4.69, 9.17) is 34.8 Å². The van der Waals surface area contributed by atoms with Crippen molar-refractivity contribution in [2.75, 3.05) is 17.4 Å². The maximum Gasteiger partial charge on any atom is 0.264 e. The van der Waals surface area contributed by atoms with Crippen molar-refractivity contribution < 1.29 is 18.0 Å². The molecule has 0 saturated carbocycles. The summed E-state index contributed by atoms with van der Waals surface area (Å²) in [5.74, 6) is -0.946. The zero-order valence-corrected chi connectivity index (χ0v) is 24.7. The Morgan fingerprint density at radius 2 is 1.49 bits per heavy atom. The summed E-state index contributed by atoms with van der Waals surface area (Å²) in [7, 11) is -4.16. The van der Waals surface area contributed by atoms with Gasteiger partial charge in [0.2, 0.25) is 11.8 Å². The Balaban J connectivity index is 2.07. The van der Waals surface area contributed by atoms with Crippen LogP contribution in [0.4, 0.5) is 5.69 Å². The Bertz CT molecular complexity index is 1370. The van der Waals surface area contributed by atoms with E-state index in [0.717, 1.165) is 4.31 Å². The van der Waals surface area contributed by atoms with E-state index < -0.39 is 28.5 Å². The molecule has 0 bridgehead atoms. The molecule has 1 atom stereocenters. The molecule has 0 aromatic heterocycles. The van der Waals surface area contributed by atoms with Crippen LogP contribution in [0.3, 0.4) is 0 Å². The number of halogens is 3. The second kappa shape index (κ2) is 14.0. The monoisotopic (exact) mass is 609 g/mol. The number of sulfonamides is 1. The van der Waals surface area contributed by atoms with E-state index in [9.17, 15) is 18.0 Å². The van der Waals surface area contributed by atoms with Gasteiger partial charge in [-0.25, -0.2) is 8.42 Å². The average Bonchev–Trinajstić information content (AvgIpc) is 2.92. The topological polar surface area (TPSA) is 86.8 Å². The molecular formula is C28H30Cl3N3O4S. The van der Waals surface area contributed by atoms with Gasteiger partial charge in [-0.2, -0.15) is 0 Å². The number of benzene rings is 3. The summed E-state index contributed by atoms with van der Waals surface area (Å²) in [5.41, 5.74) is 0.704. The largest absolute Gasteiger partial charge is 0.354 e. The smallest absolute Gasteiger partial charge is 0.264 e. The summed E-state index contributed by atoms with van der Waals surface area (Å²) < 4.78 is 28.5. The number of hydrogen-bond donors (Lipinski definition) is 1. The van der Waals surface area contributed by atoms with Crippen LogP contribution in [0.15, 0.2) is 77.7 Å². The van der Waals surface area contributed by atoms with E-state index in [2.05, 4.69) is 5.32 Å². The minimum Gasteiger partial charge on any atom is -0.354 e. The molecule has 2 amide bonds. The van der Waals surface area contributed by atoms with Gasteiger partial charge in [-0.3, -0.25) is 13.9 Å². The minimum atomic E-state index is -4.16. The fourth-order valence-electron chi connectivity index (χ4n) is 4.00. The van der Waals surface area contributed by atoms with E-state index in [1.807, 2.05) is 6.92 Å². The number of carbonyl (C=O) groups excluding carboxylic acids is 2. The van der Waals surface area contributed by atoms with Crippen LogP contribution in [0, 0.1) is 0 Å². The number of anilines is 1. The van der Waals surface area contributed by atoms with Crippen molar-refractivity contribution in [1.82, 2.24) is 10.2 Å². The lowest BCUT2D eigenvalue weighted by molar-refractivity contribution is -0.140. The van der Waals surface area contributed by atoms with Crippen LogP contribution < -0.4 is 9.62 Å². The summed E-state index contributed by atoms with van der Waals surface area (Å²) in [4.78, 5) is 28.5. The molecule has 3 aromatic rings. The normalized spacial score (nSPS) is 12.0. The highest BCUT2D eigenvalue weighted by Gasteiger charge is 2.34. The highest BCUT2D eigenvalue weighted by Crippen LogP contribution is 2.29. The van der Waals surface area contributed by atoms with Crippen LogP contribution in [0.2, 0.25) is 15.1 Å². The SMILES string of the molecule is CCCNC(=O)[C@@H](CC)N(Cc1c(Cl)cccc1Cl)C(=O)CN(c1ccc(Cl)cc1)S(=O)(=O)c1ccccc1. The molecule has 0 radical (unpaired) electrons. The minimum absolute atomic E-state index is 0.0150. The van der Waals surface area contributed by atoms with Gasteiger partial charge in [0.1, 0.15) is 12.6 Å². The van der Waals surface area contributed by atoms with Gasteiger partial charge in [0, 0.05) is 33.7 Å². The van der Waals surface area contributed by atoms with E-state index in [-0.39, 0.29) is 29.5 Å². The number of rotatable bonds is 12. The van der Waals surface area contributed by atoms with Gasteiger partial charge < -0.3 is 10.2 Å². The van der Waals surface area contributed by atoms with Crippen LogP contribution in [0.25, 0.3) is 0 Å². The summed E-state index contributed by atoms with van der Waals surface area (Å²) in [6, 6.07) is 18.0. The predicted octanol–water partition coefficient (Wildman–Crippen LogP) is 6.18. The first-order chi connectivity index (χ1) is 18.6. The number of carbonyl (C=O) groups is 2. The van der Waals surface area contributed by atoms with Crippen LogP contribution in [-0.2, 0) is 26.2 Å². The third-order valence-corrected chi connectivity index (χ3v) is 8.80. The predicted molar refractivity (Wildman–Crippen MR) is 157 cm³/mol. The van der Waals surface area contributed by atoms with Gasteiger partial charge in [-0.15, -0.1) is 0 Å². The van der Waals surface area contributed by atoms with E-state index in [0.29, 0.717) is 33.6 Å². The fraction of sp³-hybridized carbons (Fsp3) is 0.286. The Hall–Kier alpha value is -2.78. The van der Waals surface area contributed by atoms with Gasteiger partial charge in [0.15, 0.2) is 0 Å². The standard InChI is InChI=1S/C28H30Cl3N3O4S/c1-3-17-32-28(36)26(4-2)33(18-23-24(30)11-8-12-25(23)31)27(35)19-34(21-15-13-20(29)14-16-21)39(37,38)22-9-6-5-7-10-22/h5-16,26H,3-4,17-19H2,1-2H3,(H,32,36)/t26-/m1/s1. The maximum atomic E-state index is 14.0. The Kier molecular flexibility index (Phi) is 11.1. The lowest BCUT2D eigenvalue weighted by atomic mass is 10.1. The highest BCUT2D eigenvalue weighted by atomic mass is 35.5. The van der Waals surface area contributed by atoms with Crippen LogP contribution >= 0.6 is 34.8 Å². The van der Waals surface area contributed by atoms with Crippen LogP contribution in [-0.4, -0.2) is 44.3 Å². The summed E-state index contributed by atoms with van der Waals surface area (Å²) in [5, 5.41) is 3.91. The zero-order valence-electron chi connectivity index (χ0n) is 21.6. The molecule has 0 heterocycles. The van der Waals surface area contributed by atoms with Gasteiger partial charge in [0.25, 0.3) is 10.0 Å². The van der Waals surface area contributed by atoms with Gasteiger partial charge >= 0.3 is 0 Å². The van der Waals surface area contributed by atoms with Crippen molar-refractivity contribution >= 4 is 62.3 Å². The molecule has 208 valence electrons. The summed E-state index contributed by atoms with van der Waals surface area (Å²) in [6.07, 6.45) is 1.00. The third-order valence-electron chi connectivity index (χ3n) is 6.05. The molecule has 39 heavy (non-hydrogen) atoms. The molecule has 0 unspecified atom stereocenters. The summed E-state index contributed by atoms with van der Waals surface area (Å²) >= 11 is 18.9. The molecule has 3 rings (SSSR count). The molecule has 0 aliphatic carbocycles. The molecule has 0 saturated heterocycles. The van der Waals surface area contributed by atoms with Gasteiger partial charge in [-0.1, -0.05) is 72.9 Å². The molecule has 3 aromatic carbocycles. The van der Waals surface area contributed by atoms with Gasteiger partial charge in [-0.05, 0) is 61.4 Å². The summed E-state index contributed by atoms with van der Waals surface area (Å²) in [6.45, 7) is 3.48. The lowest BCUT2D eigenvalue weighted by Gasteiger charge is -2.33. The van der Waals surface area contributed by atoms with Crippen LogP contribution in [0.5, 0.6) is 0 Å². The second-order valence-corrected chi connectivity index (χ2v) is 11.9. The number of nitrogens with zero attached hydrogens (tertiary/aromatic N) is 2. The second-order valence-electron chi connectivity index (χ2n) is 8.74. The molecule has 0 aliphatic heterocycles. The van der Waals surface area contributed by atoms with Crippen molar-refractivity contribution in [3.8, 4) is 0 Å². The number of nitrogens with one attached hydrogen (secondary N) is 1. The van der Waals surface area contributed by atoms with Crippen molar-refractivity contribution in [1.29, 1.82) is 0 Å². The van der Waals surface area contributed by atoms with Crippen molar-refractivity contribution in [3.05, 3.63) is 93.4 Å². The molecule has 1 N–H and O–H groups in total. The Labute approximate surface area is 244 Å². The lowest BCUT2D eigenvalue weighted by Crippen LogP contribution is -2.52.